The van der Waals surface area contributed by atoms with E-state index in [9.17, 15) is 4.79 Å². The van der Waals surface area contributed by atoms with Crippen molar-refractivity contribution in [3.63, 3.8) is 0 Å². The Morgan fingerprint density at radius 3 is 1.73 bits per heavy atom. The van der Waals surface area contributed by atoms with E-state index < -0.39 is 5.41 Å². The van der Waals surface area contributed by atoms with Crippen LogP contribution in [0.3, 0.4) is 0 Å². The highest BCUT2D eigenvalue weighted by Crippen LogP contribution is 2.47. The summed E-state index contributed by atoms with van der Waals surface area (Å²) in [5.74, 6) is 1.34. The molecule has 1 saturated carbocycles. The predicted octanol–water partition coefficient (Wildman–Crippen LogP) is 7.07. The molecule has 0 atom stereocenters. The molecule has 0 aliphatic heterocycles. The zero-order valence-corrected chi connectivity index (χ0v) is 19.4. The maximum absolute atomic E-state index is 12.4. The van der Waals surface area contributed by atoms with Crippen LogP contribution in [0.25, 0.3) is 0 Å². The van der Waals surface area contributed by atoms with Crippen LogP contribution in [0, 0.1) is 5.41 Å². The van der Waals surface area contributed by atoms with E-state index in [1.165, 1.54) is 24.0 Å². The van der Waals surface area contributed by atoms with Crippen molar-refractivity contribution in [3.05, 3.63) is 59.7 Å². The van der Waals surface area contributed by atoms with Crippen LogP contribution in [0.1, 0.15) is 84.8 Å². The van der Waals surface area contributed by atoms with Crippen LogP contribution in [-0.4, -0.2) is 11.6 Å². The Hall–Kier alpha value is -2.29. The summed E-state index contributed by atoms with van der Waals surface area (Å²) in [6.07, 6.45) is 5.47. The van der Waals surface area contributed by atoms with E-state index in [4.69, 9.17) is 9.47 Å². The van der Waals surface area contributed by atoms with Gasteiger partial charge < -0.3 is 9.47 Å². The van der Waals surface area contributed by atoms with Crippen molar-refractivity contribution in [1.82, 2.24) is 0 Å². The lowest BCUT2D eigenvalue weighted by Gasteiger charge is -2.31. The van der Waals surface area contributed by atoms with Gasteiger partial charge in [-0.25, -0.2) is 0 Å². The molecule has 0 aromatic heterocycles. The average Bonchev–Trinajstić information content (AvgIpc) is 3.19. The van der Waals surface area contributed by atoms with Gasteiger partial charge in [-0.1, -0.05) is 44.0 Å². The van der Waals surface area contributed by atoms with Gasteiger partial charge in [0.15, 0.2) is 0 Å². The number of benzene rings is 2. The lowest BCUT2D eigenvalue weighted by molar-refractivity contribution is -0.144. The minimum absolute atomic E-state index is 0.0193. The first kappa shape index (κ1) is 22.4. The predicted molar refractivity (Wildman–Crippen MR) is 122 cm³/mol. The van der Waals surface area contributed by atoms with Gasteiger partial charge in [-0.3, -0.25) is 4.79 Å². The molecule has 0 heterocycles. The summed E-state index contributed by atoms with van der Waals surface area (Å²) >= 11 is 0. The SMILES string of the molecule is CCC(C)(C)C(=O)Oc1ccc(C2(c3ccc(OC(C)(C)C)cc3)CCCC2)cc1. The molecule has 3 rings (SSSR count). The Kier molecular flexibility index (Phi) is 6.31. The number of carbonyl (C=O) groups is 1. The van der Waals surface area contributed by atoms with Crippen LogP contribution < -0.4 is 9.47 Å². The topological polar surface area (TPSA) is 35.5 Å². The van der Waals surface area contributed by atoms with Gasteiger partial charge in [0.1, 0.15) is 17.1 Å². The lowest BCUT2D eigenvalue weighted by atomic mass is 9.73. The number of rotatable bonds is 6. The van der Waals surface area contributed by atoms with Crippen molar-refractivity contribution >= 4 is 5.97 Å². The number of ether oxygens (including phenoxy) is 2. The molecule has 0 N–H and O–H groups in total. The monoisotopic (exact) mass is 408 g/mol. The molecule has 0 radical (unpaired) electrons. The van der Waals surface area contributed by atoms with E-state index in [1.54, 1.807) is 0 Å². The minimum atomic E-state index is -0.470. The van der Waals surface area contributed by atoms with Gasteiger partial charge in [0.2, 0.25) is 0 Å². The number of hydrogen-bond acceptors (Lipinski definition) is 3. The Balaban J connectivity index is 1.83. The summed E-state index contributed by atoms with van der Waals surface area (Å²) in [6, 6.07) is 16.7. The first-order valence-corrected chi connectivity index (χ1v) is 11.2. The van der Waals surface area contributed by atoms with E-state index in [2.05, 4.69) is 57.2 Å². The van der Waals surface area contributed by atoms with Gasteiger partial charge in [0, 0.05) is 5.41 Å². The molecule has 0 amide bonds. The van der Waals surface area contributed by atoms with Gasteiger partial charge in [0.25, 0.3) is 0 Å². The molecule has 3 nitrogen and oxygen atoms in total. The number of esters is 1. The van der Waals surface area contributed by atoms with Crippen molar-refractivity contribution in [3.8, 4) is 11.5 Å². The molecule has 1 fully saturated rings. The molecule has 30 heavy (non-hydrogen) atoms. The molecular formula is C27H36O3. The van der Waals surface area contributed by atoms with E-state index in [0.29, 0.717) is 5.75 Å². The fourth-order valence-electron chi connectivity index (χ4n) is 4.15. The fourth-order valence-corrected chi connectivity index (χ4v) is 4.15. The van der Waals surface area contributed by atoms with Crippen molar-refractivity contribution < 1.29 is 14.3 Å². The van der Waals surface area contributed by atoms with Crippen molar-refractivity contribution in [2.24, 2.45) is 5.41 Å². The van der Waals surface area contributed by atoms with E-state index >= 15 is 0 Å². The first-order chi connectivity index (χ1) is 14.1. The van der Waals surface area contributed by atoms with Gasteiger partial charge >= 0.3 is 5.97 Å². The molecule has 1 aliphatic rings. The molecular weight excluding hydrogens is 372 g/mol. The average molecular weight is 409 g/mol. The normalized spacial score (nSPS) is 16.3. The molecule has 0 saturated heterocycles. The van der Waals surface area contributed by atoms with Crippen LogP contribution in [0.5, 0.6) is 11.5 Å². The van der Waals surface area contributed by atoms with Crippen molar-refractivity contribution in [1.29, 1.82) is 0 Å². The van der Waals surface area contributed by atoms with Crippen LogP contribution in [0.4, 0.5) is 0 Å². The van der Waals surface area contributed by atoms with Gasteiger partial charge in [-0.05, 0) is 89.3 Å². The summed E-state index contributed by atoms with van der Waals surface area (Å²) in [5, 5.41) is 0. The summed E-state index contributed by atoms with van der Waals surface area (Å²) < 4.78 is 11.6. The molecule has 2 aromatic carbocycles. The maximum Gasteiger partial charge on any atom is 0.316 e. The molecule has 3 heteroatoms. The molecule has 0 spiro atoms. The summed E-state index contributed by atoms with van der Waals surface area (Å²) in [5.41, 5.74) is 1.97. The van der Waals surface area contributed by atoms with Crippen molar-refractivity contribution in [2.75, 3.05) is 0 Å². The zero-order chi connectivity index (χ0) is 22.0. The largest absolute Gasteiger partial charge is 0.488 e. The molecule has 2 aromatic rings. The molecule has 0 bridgehead atoms. The van der Waals surface area contributed by atoms with Crippen LogP contribution in [0.15, 0.2) is 48.5 Å². The smallest absolute Gasteiger partial charge is 0.316 e. The van der Waals surface area contributed by atoms with Gasteiger partial charge in [-0.2, -0.15) is 0 Å². The lowest BCUT2D eigenvalue weighted by Crippen LogP contribution is -2.28. The molecule has 1 aliphatic carbocycles. The highest BCUT2D eigenvalue weighted by atomic mass is 16.5. The highest BCUT2D eigenvalue weighted by Gasteiger charge is 2.37. The maximum atomic E-state index is 12.4. The highest BCUT2D eigenvalue weighted by molar-refractivity contribution is 5.78. The Morgan fingerprint density at radius 2 is 1.30 bits per heavy atom. The van der Waals surface area contributed by atoms with Crippen LogP contribution in [-0.2, 0) is 10.2 Å². The van der Waals surface area contributed by atoms with Crippen molar-refractivity contribution in [2.45, 2.75) is 84.7 Å². The second-order valence-electron chi connectivity index (χ2n) is 10.2. The minimum Gasteiger partial charge on any atom is -0.488 e. The molecule has 0 unspecified atom stereocenters. The summed E-state index contributed by atoms with van der Waals surface area (Å²) in [4.78, 5) is 12.4. The third-order valence-electron chi connectivity index (χ3n) is 6.34. The third-order valence-corrected chi connectivity index (χ3v) is 6.34. The van der Waals surface area contributed by atoms with E-state index in [0.717, 1.165) is 25.0 Å². The standard InChI is InChI=1S/C27H36O3/c1-7-26(5,6)24(28)29-22-14-10-20(11-15-22)27(18-8-9-19-27)21-12-16-23(17-13-21)30-25(2,3)4/h10-17H,7-9,18-19H2,1-6H3. The molecule has 162 valence electrons. The second-order valence-corrected chi connectivity index (χ2v) is 10.2. The number of hydrogen-bond donors (Lipinski definition) is 0. The first-order valence-electron chi connectivity index (χ1n) is 11.2. The van der Waals surface area contributed by atoms with Crippen LogP contribution >= 0.6 is 0 Å². The van der Waals surface area contributed by atoms with E-state index in [1.807, 2.05) is 32.9 Å². The Morgan fingerprint density at radius 1 is 0.833 bits per heavy atom. The third kappa shape index (κ3) is 4.88. The van der Waals surface area contributed by atoms with Gasteiger partial charge in [0.05, 0.1) is 5.41 Å². The second kappa shape index (κ2) is 8.45. The van der Waals surface area contributed by atoms with Gasteiger partial charge in [-0.15, -0.1) is 0 Å². The summed E-state index contributed by atoms with van der Waals surface area (Å²) in [6.45, 7) is 12.0. The zero-order valence-electron chi connectivity index (χ0n) is 19.4. The fraction of sp³-hybridized carbons (Fsp3) is 0.519. The Bertz CT molecular complexity index is 848. The quantitative estimate of drug-likeness (QED) is 0.379. The Labute approximate surface area is 181 Å². The van der Waals surface area contributed by atoms with Crippen LogP contribution in [0.2, 0.25) is 0 Å². The summed E-state index contributed by atoms with van der Waals surface area (Å²) in [7, 11) is 0. The number of carbonyl (C=O) groups excluding carboxylic acids is 1. The van der Waals surface area contributed by atoms with E-state index in [-0.39, 0.29) is 17.0 Å².